The van der Waals surface area contributed by atoms with Gasteiger partial charge >= 0.3 is 0 Å². The van der Waals surface area contributed by atoms with Gasteiger partial charge in [0.05, 0.1) is 0 Å². The molecule has 19 heavy (non-hydrogen) atoms. The van der Waals surface area contributed by atoms with E-state index in [1.165, 1.54) is 25.9 Å². The molecule has 0 spiro atoms. The molecular formula is C13H21N5O. The van der Waals surface area contributed by atoms with Gasteiger partial charge in [0.15, 0.2) is 5.69 Å². The molecule has 6 nitrogen and oxygen atoms in total. The smallest absolute Gasteiger partial charge is 0.269 e. The Hall–Kier alpha value is -1.69. The van der Waals surface area contributed by atoms with Gasteiger partial charge in [0, 0.05) is 13.1 Å². The molecule has 3 N–H and O–H groups in total. The molecule has 0 atom stereocenters. The van der Waals surface area contributed by atoms with Crippen molar-refractivity contribution < 1.29 is 4.79 Å². The number of primary amides is 1. The maximum absolute atomic E-state index is 10.9. The van der Waals surface area contributed by atoms with E-state index < -0.39 is 5.91 Å². The summed E-state index contributed by atoms with van der Waals surface area (Å²) in [5, 5.41) is 10.9. The molecule has 6 heteroatoms. The first-order chi connectivity index (χ1) is 9.15. The van der Waals surface area contributed by atoms with Crippen LogP contribution in [0.5, 0.6) is 0 Å². The van der Waals surface area contributed by atoms with E-state index in [0.29, 0.717) is 5.82 Å². The fourth-order valence-corrected chi connectivity index (χ4v) is 2.19. The second-order valence-electron chi connectivity index (χ2n) is 5.12. The lowest BCUT2D eigenvalue weighted by atomic mass is 9.99. The van der Waals surface area contributed by atoms with Crippen molar-refractivity contribution in [3.8, 4) is 0 Å². The molecule has 1 amide bonds. The lowest BCUT2D eigenvalue weighted by Gasteiger charge is -2.30. The first-order valence-corrected chi connectivity index (χ1v) is 6.75. The number of nitrogens with two attached hydrogens (primary N) is 1. The molecule has 1 aromatic rings. The maximum Gasteiger partial charge on any atom is 0.269 e. The second-order valence-corrected chi connectivity index (χ2v) is 5.12. The number of amides is 1. The summed E-state index contributed by atoms with van der Waals surface area (Å²) in [5.41, 5.74) is 5.29. The number of carbonyl (C=O) groups is 1. The summed E-state index contributed by atoms with van der Waals surface area (Å²) in [6, 6.07) is 3.31. The van der Waals surface area contributed by atoms with Gasteiger partial charge in [-0.1, -0.05) is 6.92 Å². The van der Waals surface area contributed by atoms with Gasteiger partial charge in [0.25, 0.3) is 5.91 Å². The van der Waals surface area contributed by atoms with Crippen molar-refractivity contribution in [2.75, 3.05) is 31.5 Å². The molecule has 1 aliphatic heterocycles. The quantitative estimate of drug-likeness (QED) is 0.817. The number of piperidine rings is 1. The van der Waals surface area contributed by atoms with Crippen LogP contribution in [0, 0.1) is 5.92 Å². The average molecular weight is 263 g/mol. The van der Waals surface area contributed by atoms with E-state index in [1.54, 1.807) is 12.1 Å². The zero-order valence-electron chi connectivity index (χ0n) is 11.3. The fraction of sp³-hybridized carbons (Fsp3) is 0.615. The third-order valence-corrected chi connectivity index (χ3v) is 3.53. The lowest BCUT2D eigenvalue weighted by molar-refractivity contribution is 0.0994. The van der Waals surface area contributed by atoms with Gasteiger partial charge in [-0.2, -0.15) is 0 Å². The Morgan fingerprint density at radius 1 is 1.42 bits per heavy atom. The van der Waals surface area contributed by atoms with Crippen LogP contribution in [-0.2, 0) is 0 Å². The normalized spacial score (nSPS) is 17.3. The summed E-state index contributed by atoms with van der Waals surface area (Å²) in [5.74, 6) is 0.980. The number of nitrogens with one attached hydrogen (secondary N) is 1. The van der Waals surface area contributed by atoms with Crippen molar-refractivity contribution in [2.24, 2.45) is 11.7 Å². The van der Waals surface area contributed by atoms with Crippen LogP contribution < -0.4 is 11.1 Å². The van der Waals surface area contributed by atoms with E-state index in [1.807, 2.05) is 0 Å². The number of hydrogen-bond donors (Lipinski definition) is 2. The van der Waals surface area contributed by atoms with Crippen LogP contribution in [0.3, 0.4) is 0 Å². The van der Waals surface area contributed by atoms with Gasteiger partial charge in [-0.25, -0.2) is 0 Å². The van der Waals surface area contributed by atoms with E-state index in [-0.39, 0.29) is 5.69 Å². The molecule has 1 fully saturated rings. The van der Waals surface area contributed by atoms with Crippen molar-refractivity contribution in [2.45, 2.75) is 19.8 Å². The van der Waals surface area contributed by atoms with Crippen LogP contribution in [0.2, 0.25) is 0 Å². The number of rotatable bonds is 5. The molecule has 0 unspecified atom stereocenters. The van der Waals surface area contributed by atoms with Crippen LogP contribution in [0.1, 0.15) is 30.3 Å². The van der Waals surface area contributed by atoms with Crippen LogP contribution in [0.15, 0.2) is 12.1 Å². The SMILES string of the molecule is CC1CCN(CCNc2ccc(C(N)=O)nn2)CC1. The van der Waals surface area contributed by atoms with E-state index in [4.69, 9.17) is 5.73 Å². The van der Waals surface area contributed by atoms with Gasteiger partial charge in [-0.05, 0) is 44.0 Å². The monoisotopic (exact) mass is 263 g/mol. The summed E-state index contributed by atoms with van der Waals surface area (Å²) in [7, 11) is 0. The summed E-state index contributed by atoms with van der Waals surface area (Å²) in [6.07, 6.45) is 2.57. The summed E-state index contributed by atoms with van der Waals surface area (Å²) >= 11 is 0. The number of nitrogens with zero attached hydrogens (tertiary/aromatic N) is 3. The highest BCUT2D eigenvalue weighted by Crippen LogP contribution is 2.15. The molecule has 0 saturated carbocycles. The molecule has 0 aromatic carbocycles. The Morgan fingerprint density at radius 3 is 2.74 bits per heavy atom. The number of aromatic nitrogens is 2. The van der Waals surface area contributed by atoms with Crippen LogP contribution >= 0.6 is 0 Å². The highest BCUT2D eigenvalue weighted by Gasteiger charge is 2.14. The largest absolute Gasteiger partial charge is 0.367 e. The topological polar surface area (TPSA) is 84.1 Å². The third-order valence-electron chi connectivity index (χ3n) is 3.53. The number of hydrogen-bond acceptors (Lipinski definition) is 5. The van der Waals surface area contributed by atoms with Gasteiger partial charge < -0.3 is 16.0 Å². The number of carbonyl (C=O) groups excluding carboxylic acids is 1. The summed E-state index contributed by atoms with van der Waals surface area (Å²) in [6.45, 7) is 6.50. The van der Waals surface area contributed by atoms with Crippen molar-refractivity contribution >= 4 is 11.7 Å². The van der Waals surface area contributed by atoms with Gasteiger partial charge in [0.1, 0.15) is 5.82 Å². The van der Waals surface area contributed by atoms with Gasteiger partial charge in [0.2, 0.25) is 0 Å². The minimum Gasteiger partial charge on any atom is -0.367 e. The Bertz CT molecular complexity index is 412. The Kier molecular flexibility index (Phi) is 4.68. The number of anilines is 1. The maximum atomic E-state index is 10.9. The zero-order chi connectivity index (χ0) is 13.7. The standard InChI is InChI=1S/C13H21N5O/c1-10-4-7-18(8-5-10)9-6-15-12-3-2-11(13(14)19)16-17-12/h2-3,10H,4-9H2,1H3,(H2,14,19)(H,15,17). The van der Waals surface area contributed by atoms with Crippen molar-refractivity contribution in [1.29, 1.82) is 0 Å². The lowest BCUT2D eigenvalue weighted by Crippen LogP contribution is -2.36. The highest BCUT2D eigenvalue weighted by molar-refractivity contribution is 5.90. The summed E-state index contributed by atoms with van der Waals surface area (Å²) < 4.78 is 0. The highest BCUT2D eigenvalue weighted by atomic mass is 16.1. The van der Waals surface area contributed by atoms with Crippen LogP contribution in [0.4, 0.5) is 5.82 Å². The molecule has 2 rings (SSSR count). The Morgan fingerprint density at radius 2 is 2.16 bits per heavy atom. The Labute approximate surface area is 113 Å². The molecule has 2 heterocycles. The molecular weight excluding hydrogens is 242 g/mol. The number of likely N-dealkylation sites (tertiary alicyclic amines) is 1. The average Bonchev–Trinajstić information content (AvgIpc) is 2.41. The van der Waals surface area contributed by atoms with Gasteiger partial charge in [-0.3, -0.25) is 4.79 Å². The second kappa shape index (κ2) is 6.47. The predicted molar refractivity (Wildman–Crippen MR) is 73.9 cm³/mol. The minimum absolute atomic E-state index is 0.190. The van der Waals surface area contributed by atoms with Crippen molar-refractivity contribution in [3.63, 3.8) is 0 Å². The van der Waals surface area contributed by atoms with E-state index in [2.05, 4.69) is 27.3 Å². The summed E-state index contributed by atoms with van der Waals surface area (Å²) in [4.78, 5) is 13.3. The van der Waals surface area contributed by atoms with E-state index in [0.717, 1.165) is 19.0 Å². The van der Waals surface area contributed by atoms with Crippen LogP contribution in [0.25, 0.3) is 0 Å². The molecule has 104 valence electrons. The molecule has 0 radical (unpaired) electrons. The van der Waals surface area contributed by atoms with Crippen molar-refractivity contribution in [3.05, 3.63) is 17.8 Å². The molecule has 1 saturated heterocycles. The zero-order valence-corrected chi connectivity index (χ0v) is 11.3. The predicted octanol–water partition coefficient (Wildman–Crippen LogP) is 0.719. The molecule has 1 aromatic heterocycles. The minimum atomic E-state index is -0.554. The van der Waals surface area contributed by atoms with Crippen LogP contribution in [-0.4, -0.2) is 47.2 Å². The molecule has 1 aliphatic rings. The first kappa shape index (κ1) is 13.7. The van der Waals surface area contributed by atoms with E-state index in [9.17, 15) is 4.79 Å². The fourth-order valence-electron chi connectivity index (χ4n) is 2.19. The molecule has 0 bridgehead atoms. The third kappa shape index (κ3) is 4.17. The van der Waals surface area contributed by atoms with Gasteiger partial charge in [-0.15, -0.1) is 10.2 Å². The molecule has 0 aliphatic carbocycles. The van der Waals surface area contributed by atoms with E-state index >= 15 is 0 Å². The first-order valence-electron chi connectivity index (χ1n) is 6.75. The van der Waals surface area contributed by atoms with Crippen molar-refractivity contribution in [1.82, 2.24) is 15.1 Å². The Balaban J connectivity index is 1.72.